The first-order valence-corrected chi connectivity index (χ1v) is 9.84. The third kappa shape index (κ3) is 2.81. The van der Waals surface area contributed by atoms with Crippen LogP contribution in [0.25, 0.3) is 16.9 Å². The number of nitrogens with one attached hydrogen (secondary N) is 1. The monoisotopic (exact) mass is 402 g/mol. The second kappa shape index (κ2) is 6.94. The Morgan fingerprint density at radius 1 is 1.23 bits per heavy atom. The van der Waals surface area contributed by atoms with Gasteiger partial charge in [-0.25, -0.2) is 19.6 Å². The molecule has 5 rings (SSSR count). The smallest absolute Gasteiger partial charge is 0.287 e. The number of anilines is 1. The number of aryl methyl sites for hydroxylation is 2. The molecule has 0 unspecified atom stereocenters. The molecule has 1 aliphatic rings. The highest BCUT2D eigenvalue weighted by Gasteiger charge is 2.26. The molecule has 4 aromatic rings. The minimum atomic E-state index is -0.248. The molecule has 0 bridgehead atoms. The summed E-state index contributed by atoms with van der Waals surface area (Å²) in [5, 5.41) is 7.26. The first-order chi connectivity index (χ1) is 14.6. The highest BCUT2D eigenvalue weighted by Crippen LogP contribution is 2.29. The molecular formula is C21H22N8O. The predicted octanol–water partition coefficient (Wildman–Crippen LogP) is 1.78. The van der Waals surface area contributed by atoms with Crippen LogP contribution in [0.5, 0.6) is 0 Å². The van der Waals surface area contributed by atoms with E-state index >= 15 is 0 Å². The first-order valence-electron chi connectivity index (χ1n) is 9.84. The molecule has 0 atom stereocenters. The highest BCUT2D eigenvalue weighted by molar-refractivity contribution is 5.96. The largest absolute Gasteiger partial charge is 0.352 e. The molecule has 30 heavy (non-hydrogen) atoms. The van der Waals surface area contributed by atoms with Crippen LogP contribution in [0.15, 0.2) is 36.8 Å². The van der Waals surface area contributed by atoms with Crippen molar-refractivity contribution in [2.24, 2.45) is 7.05 Å². The van der Waals surface area contributed by atoms with Crippen molar-refractivity contribution in [3.8, 4) is 5.69 Å². The van der Waals surface area contributed by atoms with Crippen LogP contribution in [0.3, 0.4) is 0 Å². The molecule has 0 spiro atoms. The van der Waals surface area contributed by atoms with E-state index in [1.54, 1.807) is 18.7 Å². The lowest BCUT2D eigenvalue weighted by atomic mass is 10.1. The summed E-state index contributed by atoms with van der Waals surface area (Å²) in [6.07, 6.45) is 4.29. The maximum absolute atomic E-state index is 12.1. The quantitative estimate of drug-likeness (QED) is 0.561. The van der Waals surface area contributed by atoms with E-state index in [0.717, 1.165) is 30.0 Å². The SMILES string of the molecule is CNC(=O)c1nc2c(N3CCc4c(cnn4-c4cccc(C)c4)C3)ncnc2n1C. The maximum Gasteiger partial charge on any atom is 0.287 e. The molecule has 152 valence electrons. The number of carbonyl (C=O) groups excluding carboxylic acids is 1. The Bertz CT molecular complexity index is 1270. The van der Waals surface area contributed by atoms with Gasteiger partial charge in [0, 0.05) is 39.2 Å². The van der Waals surface area contributed by atoms with Crippen molar-refractivity contribution in [2.45, 2.75) is 19.9 Å². The van der Waals surface area contributed by atoms with Crippen LogP contribution in [-0.4, -0.2) is 48.8 Å². The molecule has 0 radical (unpaired) electrons. The number of aromatic nitrogens is 6. The van der Waals surface area contributed by atoms with E-state index in [9.17, 15) is 4.79 Å². The standard InChI is InChI=1S/C21H22N8O/c1-13-5-4-6-15(9-13)29-16-7-8-28(11-14(16)10-25-29)19-17-18(23-12-24-19)27(3)20(26-17)21(30)22-2/h4-6,9-10,12H,7-8,11H2,1-3H3,(H,22,30). The fourth-order valence-electron chi connectivity index (χ4n) is 4.03. The van der Waals surface area contributed by atoms with Crippen LogP contribution in [0.2, 0.25) is 0 Å². The molecule has 0 fully saturated rings. The van der Waals surface area contributed by atoms with Gasteiger partial charge in [-0.15, -0.1) is 0 Å². The third-order valence-electron chi connectivity index (χ3n) is 5.55. The number of hydrogen-bond acceptors (Lipinski definition) is 6. The summed E-state index contributed by atoms with van der Waals surface area (Å²) >= 11 is 0. The van der Waals surface area contributed by atoms with Crippen molar-refractivity contribution in [3.05, 3.63) is 59.4 Å². The Morgan fingerprint density at radius 3 is 2.90 bits per heavy atom. The Labute approximate surface area is 173 Å². The summed E-state index contributed by atoms with van der Waals surface area (Å²) in [5.74, 6) is 0.806. The normalized spacial score (nSPS) is 13.5. The molecule has 4 heterocycles. The maximum atomic E-state index is 12.1. The van der Waals surface area contributed by atoms with Gasteiger partial charge in [-0.05, 0) is 24.6 Å². The molecule has 0 saturated heterocycles. The Balaban J connectivity index is 1.51. The van der Waals surface area contributed by atoms with Crippen LogP contribution in [0.1, 0.15) is 27.4 Å². The lowest BCUT2D eigenvalue weighted by molar-refractivity contribution is 0.0950. The van der Waals surface area contributed by atoms with Gasteiger partial charge in [0.1, 0.15) is 6.33 Å². The van der Waals surface area contributed by atoms with Crippen LogP contribution >= 0.6 is 0 Å². The predicted molar refractivity (Wildman–Crippen MR) is 113 cm³/mol. The lowest BCUT2D eigenvalue weighted by Gasteiger charge is -2.28. The summed E-state index contributed by atoms with van der Waals surface area (Å²) in [7, 11) is 3.38. The summed E-state index contributed by atoms with van der Waals surface area (Å²) < 4.78 is 3.73. The Morgan fingerprint density at radius 2 is 2.10 bits per heavy atom. The summed E-state index contributed by atoms with van der Waals surface area (Å²) in [5.41, 5.74) is 5.94. The van der Waals surface area contributed by atoms with Crippen LogP contribution in [0.4, 0.5) is 5.82 Å². The minimum absolute atomic E-state index is 0.248. The van der Waals surface area contributed by atoms with Crippen molar-refractivity contribution in [1.29, 1.82) is 0 Å². The lowest BCUT2D eigenvalue weighted by Crippen LogP contribution is -2.31. The molecule has 1 amide bonds. The van der Waals surface area contributed by atoms with Gasteiger partial charge in [-0.3, -0.25) is 4.79 Å². The van der Waals surface area contributed by atoms with E-state index in [2.05, 4.69) is 61.5 Å². The number of rotatable bonds is 3. The summed E-state index contributed by atoms with van der Waals surface area (Å²) in [6.45, 7) is 3.54. The number of hydrogen-bond donors (Lipinski definition) is 1. The second-order valence-corrected chi connectivity index (χ2v) is 7.48. The van der Waals surface area contributed by atoms with E-state index in [1.165, 1.54) is 17.6 Å². The topological polar surface area (TPSA) is 93.8 Å². The van der Waals surface area contributed by atoms with Crippen molar-refractivity contribution in [1.82, 2.24) is 34.6 Å². The highest BCUT2D eigenvalue weighted by atomic mass is 16.2. The van der Waals surface area contributed by atoms with Crippen molar-refractivity contribution < 1.29 is 4.79 Å². The molecule has 0 aliphatic carbocycles. The third-order valence-corrected chi connectivity index (χ3v) is 5.55. The number of amides is 1. The molecular weight excluding hydrogens is 380 g/mol. The van der Waals surface area contributed by atoms with E-state index in [0.29, 0.717) is 23.5 Å². The average Bonchev–Trinajstić information content (AvgIpc) is 3.34. The van der Waals surface area contributed by atoms with Gasteiger partial charge >= 0.3 is 0 Å². The molecule has 1 aromatic carbocycles. The van der Waals surface area contributed by atoms with Crippen LogP contribution < -0.4 is 10.2 Å². The number of benzene rings is 1. The number of nitrogens with zero attached hydrogens (tertiary/aromatic N) is 7. The molecule has 1 aliphatic heterocycles. The molecule has 9 heteroatoms. The first kappa shape index (κ1) is 18.3. The number of imidazole rings is 1. The fraction of sp³-hybridized carbons (Fsp3) is 0.286. The van der Waals surface area contributed by atoms with Gasteiger partial charge < -0.3 is 14.8 Å². The van der Waals surface area contributed by atoms with Crippen molar-refractivity contribution >= 4 is 22.9 Å². The minimum Gasteiger partial charge on any atom is -0.352 e. The molecule has 9 nitrogen and oxygen atoms in total. The second-order valence-electron chi connectivity index (χ2n) is 7.48. The van der Waals surface area contributed by atoms with Gasteiger partial charge in [0.2, 0.25) is 5.82 Å². The molecule has 3 aromatic heterocycles. The fourth-order valence-corrected chi connectivity index (χ4v) is 4.03. The van der Waals surface area contributed by atoms with Gasteiger partial charge in [0.15, 0.2) is 17.0 Å². The average molecular weight is 402 g/mol. The Hall–Kier alpha value is -3.75. The van der Waals surface area contributed by atoms with E-state index in [4.69, 9.17) is 0 Å². The zero-order valence-electron chi connectivity index (χ0n) is 17.1. The van der Waals surface area contributed by atoms with Gasteiger partial charge in [0.25, 0.3) is 5.91 Å². The van der Waals surface area contributed by atoms with E-state index in [-0.39, 0.29) is 5.91 Å². The van der Waals surface area contributed by atoms with Gasteiger partial charge in [-0.2, -0.15) is 5.10 Å². The molecule has 1 N–H and O–H groups in total. The van der Waals surface area contributed by atoms with E-state index in [1.807, 2.05) is 10.9 Å². The van der Waals surface area contributed by atoms with E-state index < -0.39 is 0 Å². The van der Waals surface area contributed by atoms with Crippen LogP contribution in [-0.2, 0) is 20.0 Å². The van der Waals surface area contributed by atoms with Crippen molar-refractivity contribution in [2.75, 3.05) is 18.5 Å². The molecule has 0 saturated carbocycles. The number of carbonyl (C=O) groups is 1. The zero-order chi connectivity index (χ0) is 20.8. The Kier molecular flexibility index (Phi) is 4.23. The zero-order valence-corrected chi connectivity index (χ0v) is 17.1. The number of fused-ring (bicyclic) bond motifs is 2. The summed E-state index contributed by atoms with van der Waals surface area (Å²) in [6, 6.07) is 8.36. The van der Waals surface area contributed by atoms with Crippen LogP contribution in [0, 0.1) is 6.92 Å². The van der Waals surface area contributed by atoms with Gasteiger partial charge in [0.05, 0.1) is 17.6 Å². The summed E-state index contributed by atoms with van der Waals surface area (Å²) in [4.78, 5) is 27.7. The van der Waals surface area contributed by atoms with Crippen molar-refractivity contribution in [3.63, 3.8) is 0 Å². The van der Waals surface area contributed by atoms with Gasteiger partial charge in [-0.1, -0.05) is 12.1 Å².